The van der Waals surface area contributed by atoms with Gasteiger partial charge in [0.25, 0.3) is 11.2 Å². The van der Waals surface area contributed by atoms with E-state index in [4.69, 9.17) is 13.9 Å². The first-order chi connectivity index (χ1) is 20.1. The number of hydrogen-bond donors (Lipinski definition) is 1. The largest absolute Gasteiger partial charge is 0.507 e. The third kappa shape index (κ3) is 5.36. The molecule has 0 spiro atoms. The molecule has 11 nitrogen and oxygen atoms in total. The second-order valence-electron chi connectivity index (χ2n) is 9.67. The minimum absolute atomic E-state index is 0.141. The van der Waals surface area contributed by atoms with Crippen molar-refractivity contribution in [2.45, 2.75) is 39.8 Å². The zero-order valence-electron chi connectivity index (χ0n) is 23.2. The Morgan fingerprint density at radius 3 is 2.71 bits per heavy atom. The van der Waals surface area contributed by atoms with Crippen LogP contribution in [0.25, 0.3) is 17.4 Å². The molecule has 2 aromatic carbocycles. The van der Waals surface area contributed by atoms with Crippen LogP contribution in [0, 0.1) is 10.1 Å². The zero-order chi connectivity index (χ0) is 30.1. The lowest BCUT2D eigenvalue weighted by atomic mass is 9.95. The number of phenols is 1. The van der Waals surface area contributed by atoms with Gasteiger partial charge in [-0.25, -0.2) is 9.79 Å². The molecule has 1 aliphatic rings. The topological polar surface area (TPSA) is 146 Å². The second-order valence-corrected chi connectivity index (χ2v) is 10.7. The molecule has 0 aliphatic carbocycles. The Kier molecular flexibility index (Phi) is 7.81. The number of phenolic OH excluding ortho intramolecular Hbond substituents is 1. The van der Waals surface area contributed by atoms with Crippen LogP contribution in [0.15, 0.2) is 80.1 Å². The van der Waals surface area contributed by atoms with Gasteiger partial charge in [-0.05, 0) is 52.0 Å². The quantitative estimate of drug-likeness (QED) is 0.180. The van der Waals surface area contributed by atoms with Gasteiger partial charge in [0.1, 0.15) is 29.1 Å². The number of furan rings is 1. The summed E-state index contributed by atoms with van der Waals surface area (Å²) < 4.78 is 19.0. The molecule has 0 unspecified atom stereocenters. The van der Waals surface area contributed by atoms with Crippen LogP contribution in [0.1, 0.15) is 45.1 Å². The Bertz CT molecular complexity index is 1910. The van der Waals surface area contributed by atoms with Gasteiger partial charge >= 0.3 is 5.97 Å². The lowest BCUT2D eigenvalue weighted by Crippen LogP contribution is -2.40. The van der Waals surface area contributed by atoms with E-state index in [9.17, 15) is 24.8 Å². The third-order valence-corrected chi connectivity index (χ3v) is 7.43. The minimum atomic E-state index is -0.855. The van der Waals surface area contributed by atoms with Gasteiger partial charge < -0.3 is 19.0 Å². The maximum absolute atomic E-state index is 13.9. The third-order valence-electron chi connectivity index (χ3n) is 6.45. The Morgan fingerprint density at radius 2 is 2.00 bits per heavy atom. The standard InChI is InChI=1S/C30H27N3O8S/c1-5-39-29(36)26-17(4)31-30-32(27(26)20-8-6-7-9-23(20)40-16(2)3)28(35)25(42-30)15-19-11-13-24(41-19)21-14-18(33(37)38)10-12-22(21)34/h6-16,27,34H,5H2,1-4H3/b25-15+/t27-/m1/s1. The van der Waals surface area contributed by atoms with Crippen molar-refractivity contribution in [1.82, 2.24) is 4.57 Å². The molecule has 4 aromatic rings. The number of rotatable bonds is 8. The summed E-state index contributed by atoms with van der Waals surface area (Å²) in [6.07, 6.45) is 1.37. The average molecular weight is 590 g/mol. The van der Waals surface area contributed by atoms with E-state index in [0.717, 1.165) is 11.3 Å². The molecule has 0 amide bonds. The van der Waals surface area contributed by atoms with E-state index in [0.29, 0.717) is 21.8 Å². The maximum atomic E-state index is 13.9. The number of nitro benzene ring substituents is 1. The van der Waals surface area contributed by atoms with Crippen LogP contribution in [0.3, 0.4) is 0 Å². The number of benzene rings is 2. The molecule has 1 aliphatic heterocycles. The fraction of sp³-hybridized carbons (Fsp3) is 0.233. The van der Waals surface area contributed by atoms with Gasteiger partial charge in [0, 0.05) is 23.8 Å². The molecular weight excluding hydrogens is 562 g/mol. The van der Waals surface area contributed by atoms with Crippen molar-refractivity contribution in [3.05, 3.63) is 107 Å². The molecule has 0 saturated carbocycles. The molecule has 2 aromatic heterocycles. The van der Waals surface area contributed by atoms with Gasteiger partial charge in [0.15, 0.2) is 4.80 Å². The Balaban J connectivity index is 1.65. The molecule has 1 atom stereocenters. The fourth-order valence-corrected chi connectivity index (χ4v) is 5.72. The maximum Gasteiger partial charge on any atom is 0.338 e. The molecule has 42 heavy (non-hydrogen) atoms. The smallest absolute Gasteiger partial charge is 0.338 e. The van der Waals surface area contributed by atoms with Crippen LogP contribution >= 0.6 is 11.3 Å². The van der Waals surface area contributed by atoms with Crippen molar-refractivity contribution in [2.24, 2.45) is 4.99 Å². The molecule has 0 fully saturated rings. The first kappa shape index (κ1) is 28.6. The van der Waals surface area contributed by atoms with Crippen LogP contribution in [0.5, 0.6) is 11.5 Å². The average Bonchev–Trinajstić information content (AvgIpc) is 3.52. The van der Waals surface area contributed by atoms with Gasteiger partial charge in [-0.2, -0.15) is 0 Å². The van der Waals surface area contributed by atoms with Gasteiger partial charge in [-0.1, -0.05) is 29.5 Å². The normalized spacial score (nSPS) is 15.0. The predicted molar refractivity (Wildman–Crippen MR) is 155 cm³/mol. The Labute approximate surface area is 243 Å². The first-order valence-corrected chi connectivity index (χ1v) is 13.9. The van der Waals surface area contributed by atoms with E-state index in [1.54, 1.807) is 32.0 Å². The van der Waals surface area contributed by atoms with Crippen molar-refractivity contribution in [3.63, 3.8) is 0 Å². The summed E-state index contributed by atoms with van der Waals surface area (Å²) >= 11 is 1.12. The summed E-state index contributed by atoms with van der Waals surface area (Å²) in [5.74, 6) is 0.224. The zero-order valence-corrected chi connectivity index (χ0v) is 24.0. The monoisotopic (exact) mass is 589 g/mol. The highest BCUT2D eigenvalue weighted by Gasteiger charge is 2.35. The van der Waals surface area contributed by atoms with Crippen molar-refractivity contribution in [1.29, 1.82) is 0 Å². The number of esters is 1. The van der Waals surface area contributed by atoms with Gasteiger partial charge in [-0.15, -0.1) is 0 Å². The van der Waals surface area contributed by atoms with Gasteiger partial charge in [0.05, 0.1) is 39.0 Å². The number of carbonyl (C=O) groups is 1. The van der Waals surface area contributed by atoms with Crippen molar-refractivity contribution in [2.75, 3.05) is 6.61 Å². The lowest BCUT2D eigenvalue weighted by molar-refractivity contribution is -0.384. The van der Waals surface area contributed by atoms with Crippen LogP contribution in [0.2, 0.25) is 0 Å². The van der Waals surface area contributed by atoms with E-state index >= 15 is 0 Å². The lowest BCUT2D eigenvalue weighted by Gasteiger charge is -2.26. The summed E-state index contributed by atoms with van der Waals surface area (Å²) in [7, 11) is 0. The number of ether oxygens (including phenoxy) is 2. The first-order valence-electron chi connectivity index (χ1n) is 13.1. The Hall–Kier alpha value is -4.97. The number of carbonyl (C=O) groups excluding carboxylic acids is 1. The van der Waals surface area contributed by atoms with Crippen molar-refractivity contribution >= 4 is 29.1 Å². The number of non-ortho nitro benzene ring substituents is 1. The molecule has 3 heterocycles. The molecule has 5 rings (SSSR count). The molecule has 12 heteroatoms. The molecule has 1 N–H and O–H groups in total. The predicted octanol–water partition coefficient (Wildman–Crippen LogP) is 4.46. The number of nitro groups is 1. The summed E-state index contributed by atoms with van der Waals surface area (Å²) in [6, 6.07) is 13.1. The number of aromatic nitrogens is 1. The van der Waals surface area contributed by atoms with Crippen LogP contribution < -0.4 is 19.6 Å². The molecule has 0 saturated heterocycles. The highest BCUT2D eigenvalue weighted by atomic mass is 32.1. The number of fused-ring (bicyclic) bond motifs is 1. The van der Waals surface area contributed by atoms with E-state index < -0.39 is 22.5 Å². The van der Waals surface area contributed by atoms with Gasteiger partial charge in [0.2, 0.25) is 0 Å². The van der Waals surface area contributed by atoms with Crippen LogP contribution in [-0.4, -0.2) is 33.3 Å². The number of para-hydroxylation sites is 1. The summed E-state index contributed by atoms with van der Waals surface area (Å²) in [5, 5.41) is 21.5. The molecule has 0 radical (unpaired) electrons. The summed E-state index contributed by atoms with van der Waals surface area (Å²) in [6.45, 7) is 7.34. The number of aromatic hydroxyl groups is 1. The summed E-state index contributed by atoms with van der Waals surface area (Å²) in [5.41, 5.74) is 0.792. The highest BCUT2D eigenvalue weighted by molar-refractivity contribution is 7.07. The number of thiazole rings is 1. The van der Waals surface area contributed by atoms with E-state index in [1.807, 2.05) is 32.0 Å². The SMILES string of the molecule is CCOC(=O)C1=C(C)N=c2s/c(=C/c3ccc(-c4cc([N+](=O)[O-])ccc4O)o3)c(=O)n2[C@@H]1c1ccccc1OC(C)C. The van der Waals surface area contributed by atoms with Crippen LogP contribution in [-0.2, 0) is 9.53 Å². The summed E-state index contributed by atoms with van der Waals surface area (Å²) in [4.78, 5) is 42.7. The molecule has 216 valence electrons. The van der Waals surface area contributed by atoms with E-state index in [1.165, 1.54) is 28.8 Å². The highest BCUT2D eigenvalue weighted by Crippen LogP contribution is 2.37. The minimum Gasteiger partial charge on any atom is -0.507 e. The Morgan fingerprint density at radius 1 is 1.24 bits per heavy atom. The van der Waals surface area contributed by atoms with Crippen molar-refractivity contribution < 1.29 is 28.7 Å². The van der Waals surface area contributed by atoms with Gasteiger partial charge in [-0.3, -0.25) is 19.5 Å². The van der Waals surface area contributed by atoms with Crippen molar-refractivity contribution in [3.8, 4) is 22.8 Å². The number of allylic oxidation sites excluding steroid dienone is 1. The molecular formula is C30H27N3O8S. The van der Waals surface area contributed by atoms with E-state index in [2.05, 4.69) is 4.99 Å². The second kappa shape index (κ2) is 11.5. The van der Waals surface area contributed by atoms with Crippen LogP contribution in [0.4, 0.5) is 5.69 Å². The number of hydrogen-bond acceptors (Lipinski definition) is 10. The number of nitrogens with zero attached hydrogens (tertiary/aromatic N) is 3. The van der Waals surface area contributed by atoms with E-state index in [-0.39, 0.29) is 51.3 Å². The fourth-order valence-electron chi connectivity index (χ4n) is 4.69. The molecule has 0 bridgehead atoms.